The molecule has 0 saturated carbocycles. The number of phenolic OH excluding ortho intramolecular Hbond substituents is 2. The van der Waals surface area contributed by atoms with E-state index in [4.69, 9.17) is 0 Å². The van der Waals surface area contributed by atoms with Crippen molar-refractivity contribution >= 4 is 35.7 Å². The zero-order chi connectivity index (χ0) is 29.6. The van der Waals surface area contributed by atoms with Crippen LogP contribution in [0.5, 0.6) is 11.5 Å². The fourth-order valence-electron chi connectivity index (χ4n) is 3.86. The second kappa shape index (κ2) is 12.1. The molecule has 41 heavy (non-hydrogen) atoms. The maximum Gasteiger partial charge on any atom is 0.247 e. The summed E-state index contributed by atoms with van der Waals surface area (Å²) >= 11 is 0. The predicted octanol–water partition coefficient (Wildman–Crippen LogP) is 7.12. The number of aromatic hydroxyl groups is 2. The van der Waals surface area contributed by atoms with Crippen LogP contribution in [0.3, 0.4) is 0 Å². The van der Waals surface area contributed by atoms with E-state index in [9.17, 15) is 10.2 Å². The minimum atomic E-state index is -0.0732. The molecule has 4 aromatic rings. The zero-order valence-corrected chi connectivity index (χ0v) is 24.3. The molecule has 0 atom stereocenters. The van der Waals surface area contributed by atoms with Crippen molar-refractivity contribution in [2.24, 2.45) is 10.2 Å². The summed E-state index contributed by atoms with van der Waals surface area (Å²) in [6.07, 6.45) is 3.08. The second-order valence-corrected chi connectivity index (χ2v) is 11.7. The molecule has 0 unspecified atom stereocenters. The minimum Gasteiger partial charge on any atom is -0.507 e. The molecule has 1 heterocycles. The first-order valence-electron chi connectivity index (χ1n) is 13.3. The van der Waals surface area contributed by atoms with Crippen molar-refractivity contribution in [3.8, 4) is 11.5 Å². The number of hydrogen-bond acceptors (Lipinski definition) is 9. The smallest absolute Gasteiger partial charge is 0.247 e. The first kappa shape index (κ1) is 29.1. The lowest BCUT2D eigenvalue weighted by atomic mass is 9.86. The molecule has 0 aliphatic carbocycles. The van der Waals surface area contributed by atoms with Gasteiger partial charge in [0.25, 0.3) is 0 Å². The average molecular weight is 552 g/mol. The van der Waals surface area contributed by atoms with E-state index in [0.717, 1.165) is 16.8 Å². The topological polar surface area (TPSA) is 127 Å². The van der Waals surface area contributed by atoms with Crippen molar-refractivity contribution in [3.05, 3.63) is 95.1 Å². The van der Waals surface area contributed by atoms with Crippen LogP contribution >= 0.6 is 0 Å². The van der Waals surface area contributed by atoms with E-state index in [2.05, 4.69) is 77.9 Å². The van der Waals surface area contributed by atoms with Gasteiger partial charge in [-0.3, -0.25) is 5.43 Å². The molecular formula is C32H37N7O2. The Labute approximate surface area is 241 Å². The number of hydrazone groups is 2. The summed E-state index contributed by atoms with van der Waals surface area (Å²) in [5.41, 5.74) is 9.79. The summed E-state index contributed by atoms with van der Waals surface area (Å²) < 4.78 is 0. The zero-order valence-electron chi connectivity index (χ0n) is 24.3. The summed E-state index contributed by atoms with van der Waals surface area (Å²) in [5, 5.41) is 32.5. The molecule has 212 valence electrons. The molecule has 3 aromatic carbocycles. The maximum absolute atomic E-state index is 10.3. The molecule has 0 radical (unpaired) electrons. The maximum atomic E-state index is 10.3. The van der Waals surface area contributed by atoms with Crippen LogP contribution in [0.2, 0.25) is 0 Å². The van der Waals surface area contributed by atoms with Crippen molar-refractivity contribution in [2.75, 3.05) is 16.2 Å². The van der Waals surface area contributed by atoms with Gasteiger partial charge in [0.1, 0.15) is 17.3 Å². The molecule has 1 aromatic heterocycles. The fraction of sp³-hybridized carbons (Fsp3) is 0.250. The lowest BCUT2D eigenvalue weighted by molar-refractivity contribution is 0.472. The second-order valence-electron chi connectivity index (χ2n) is 11.7. The molecule has 9 nitrogen and oxygen atoms in total. The van der Waals surface area contributed by atoms with Gasteiger partial charge in [0, 0.05) is 22.9 Å². The molecule has 0 amide bonds. The number of benzene rings is 3. The highest BCUT2D eigenvalue weighted by molar-refractivity contribution is 5.85. The largest absolute Gasteiger partial charge is 0.507 e. The highest BCUT2D eigenvalue weighted by Gasteiger charge is 2.16. The Morgan fingerprint density at radius 3 is 1.68 bits per heavy atom. The number of aromatic nitrogens is 2. The number of anilines is 4. The van der Waals surface area contributed by atoms with E-state index in [-0.39, 0.29) is 28.3 Å². The Morgan fingerprint density at radius 1 is 0.634 bits per heavy atom. The van der Waals surface area contributed by atoms with E-state index in [1.807, 2.05) is 54.6 Å². The monoisotopic (exact) mass is 551 g/mol. The van der Waals surface area contributed by atoms with Crippen LogP contribution in [0.4, 0.5) is 23.3 Å². The fourth-order valence-corrected chi connectivity index (χ4v) is 3.86. The van der Waals surface area contributed by atoms with Gasteiger partial charge in [-0.05, 0) is 58.4 Å². The van der Waals surface area contributed by atoms with Crippen LogP contribution < -0.4 is 16.2 Å². The molecule has 9 heteroatoms. The highest BCUT2D eigenvalue weighted by atomic mass is 16.3. The molecule has 0 saturated heterocycles. The summed E-state index contributed by atoms with van der Waals surface area (Å²) in [6.45, 7) is 12.7. The van der Waals surface area contributed by atoms with Crippen LogP contribution in [0, 0.1) is 0 Å². The Morgan fingerprint density at radius 2 is 1.15 bits per heavy atom. The van der Waals surface area contributed by atoms with Crippen LogP contribution in [0.25, 0.3) is 0 Å². The Kier molecular flexibility index (Phi) is 8.56. The van der Waals surface area contributed by atoms with E-state index in [1.54, 1.807) is 24.4 Å². The summed E-state index contributed by atoms with van der Waals surface area (Å²) in [4.78, 5) is 8.99. The van der Waals surface area contributed by atoms with Gasteiger partial charge in [-0.15, -0.1) is 0 Å². The number of nitrogens with one attached hydrogen (secondary N) is 3. The van der Waals surface area contributed by atoms with Gasteiger partial charge in [-0.2, -0.15) is 20.2 Å². The molecule has 5 N–H and O–H groups in total. The third-order valence-electron chi connectivity index (χ3n) is 6.31. The first-order chi connectivity index (χ1) is 19.4. The first-order valence-corrected chi connectivity index (χ1v) is 13.3. The number of nitrogens with zero attached hydrogens (tertiary/aromatic N) is 4. The number of hydrogen-bond donors (Lipinski definition) is 5. The molecular weight excluding hydrogens is 514 g/mol. The number of rotatable bonds is 8. The predicted molar refractivity (Wildman–Crippen MR) is 168 cm³/mol. The average Bonchev–Trinajstić information content (AvgIpc) is 2.90. The Hall–Kier alpha value is -4.92. The molecule has 0 spiro atoms. The van der Waals surface area contributed by atoms with Crippen LogP contribution in [-0.2, 0) is 10.8 Å². The highest BCUT2D eigenvalue weighted by Crippen LogP contribution is 2.28. The van der Waals surface area contributed by atoms with Crippen LogP contribution in [-0.4, -0.2) is 32.6 Å². The van der Waals surface area contributed by atoms with Crippen molar-refractivity contribution in [3.63, 3.8) is 0 Å². The summed E-state index contributed by atoms with van der Waals surface area (Å²) in [7, 11) is 0. The van der Waals surface area contributed by atoms with E-state index < -0.39 is 0 Å². The van der Waals surface area contributed by atoms with Gasteiger partial charge in [-0.1, -0.05) is 71.9 Å². The van der Waals surface area contributed by atoms with Crippen molar-refractivity contribution in [2.45, 2.75) is 52.4 Å². The Balaban J connectivity index is 1.58. The van der Waals surface area contributed by atoms with Crippen molar-refractivity contribution < 1.29 is 10.2 Å². The normalized spacial score (nSPS) is 12.1. The van der Waals surface area contributed by atoms with Gasteiger partial charge in [0.15, 0.2) is 5.82 Å². The third kappa shape index (κ3) is 8.04. The molecule has 0 fully saturated rings. The third-order valence-corrected chi connectivity index (χ3v) is 6.31. The minimum absolute atomic E-state index is 0.0691. The summed E-state index contributed by atoms with van der Waals surface area (Å²) in [5.74, 6) is 1.38. The number of para-hydroxylation sites is 1. The molecule has 0 aliphatic heterocycles. The van der Waals surface area contributed by atoms with Crippen molar-refractivity contribution in [1.82, 2.24) is 9.97 Å². The quantitative estimate of drug-likeness (QED) is 0.117. The lowest BCUT2D eigenvalue weighted by Crippen LogP contribution is -2.11. The van der Waals surface area contributed by atoms with Gasteiger partial charge in [-0.25, -0.2) is 5.43 Å². The lowest BCUT2D eigenvalue weighted by Gasteiger charge is -2.19. The van der Waals surface area contributed by atoms with E-state index >= 15 is 0 Å². The van der Waals surface area contributed by atoms with Crippen molar-refractivity contribution in [1.29, 1.82) is 0 Å². The Bertz CT molecular complexity index is 1460. The number of phenols is 2. The van der Waals surface area contributed by atoms with E-state index in [0.29, 0.717) is 22.8 Å². The van der Waals surface area contributed by atoms with Gasteiger partial charge < -0.3 is 15.5 Å². The molecule has 0 aliphatic rings. The van der Waals surface area contributed by atoms with Gasteiger partial charge in [0.2, 0.25) is 5.95 Å². The van der Waals surface area contributed by atoms with Crippen LogP contribution in [0.1, 0.15) is 63.8 Å². The SMILES string of the molecule is CC(C)(C)c1ccc(O)c(C=NNc2cc(Nc3ccccc3)nc(NN=Cc3cc(C(C)(C)C)ccc3O)n2)c1. The molecule has 0 bridgehead atoms. The van der Waals surface area contributed by atoms with Gasteiger partial charge in [0.05, 0.1) is 12.4 Å². The molecule has 4 rings (SSSR count). The van der Waals surface area contributed by atoms with Gasteiger partial charge >= 0.3 is 0 Å². The van der Waals surface area contributed by atoms with Crippen LogP contribution in [0.15, 0.2) is 83.0 Å². The van der Waals surface area contributed by atoms with E-state index in [1.165, 1.54) is 6.21 Å². The standard InChI is InChI=1S/C32H37N7O2/c1-31(2,3)23-12-14-26(40)21(16-23)19-33-38-29-18-28(35-25-10-8-7-9-11-25)36-30(37-29)39-34-20-22-17-24(32(4,5)6)13-15-27(22)41/h7-20,40-41H,1-6H3,(H3,35,36,37,38,39). The summed E-state index contributed by atoms with van der Waals surface area (Å²) in [6, 6.07) is 22.3.